The summed E-state index contributed by atoms with van der Waals surface area (Å²) in [5.41, 5.74) is 0.0862. The fraction of sp³-hybridized carbons (Fsp3) is 0.333. The summed E-state index contributed by atoms with van der Waals surface area (Å²) < 4.78 is 13.1. The number of nitrogens with one attached hydrogen (secondary N) is 1. The molecule has 17 heavy (non-hydrogen) atoms. The molecule has 0 radical (unpaired) electrons. The van der Waals surface area contributed by atoms with Crippen molar-refractivity contribution in [1.82, 2.24) is 5.32 Å². The van der Waals surface area contributed by atoms with E-state index >= 15 is 0 Å². The fourth-order valence-corrected chi connectivity index (χ4v) is 1.56. The van der Waals surface area contributed by atoms with Gasteiger partial charge in [0.2, 0.25) is 0 Å². The summed E-state index contributed by atoms with van der Waals surface area (Å²) in [6.07, 6.45) is 0.849. The fourth-order valence-electron chi connectivity index (χ4n) is 1.35. The van der Waals surface area contributed by atoms with Crippen LogP contribution in [0.5, 0.6) is 0 Å². The number of hydrogen-bond acceptors (Lipinski definition) is 2. The molecule has 0 aliphatic carbocycles. The van der Waals surface area contributed by atoms with Gasteiger partial charge >= 0.3 is 0 Å². The van der Waals surface area contributed by atoms with E-state index in [0.29, 0.717) is 6.42 Å². The van der Waals surface area contributed by atoms with Gasteiger partial charge in [-0.15, -0.1) is 0 Å². The number of halogens is 2. The average Bonchev–Trinajstić information content (AvgIpc) is 2.31. The van der Waals surface area contributed by atoms with E-state index in [9.17, 15) is 9.18 Å². The highest BCUT2D eigenvalue weighted by Gasteiger charge is 2.16. The molecule has 1 aromatic carbocycles. The van der Waals surface area contributed by atoms with Gasteiger partial charge in [-0.2, -0.15) is 5.26 Å². The molecule has 0 saturated carbocycles. The first-order chi connectivity index (χ1) is 8.10. The Morgan fingerprint density at radius 2 is 2.35 bits per heavy atom. The van der Waals surface area contributed by atoms with Crippen molar-refractivity contribution < 1.29 is 9.18 Å². The highest BCUT2D eigenvalue weighted by atomic mass is 35.5. The second-order valence-corrected chi connectivity index (χ2v) is 3.92. The van der Waals surface area contributed by atoms with Crippen LogP contribution in [0, 0.1) is 17.1 Å². The van der Waals surface area contributed by atoms with Crippen molar-refractivity contribution in [3.63, 3.8) is 0 Å². The standard InChI is InChI=1S/C12H12ClFN2O/c1-2-8(6-7-15)16-12(17)9-4-3-5-10(14)11(9)13/h3-5,8H,2,6H2,1H3,(H,16,17). The molecule has 0 saturated heterocycles. The molecule has 1 rings (SSSR count). The molecule has 5 heteroatoms. The van der Waals surface area contributed by atoms with Gasteiger partial charge in [0.25, 0.3) is 5.91 Å². The largest absolute Gasteiger partial charge is 0.348 e. The lowest BCUT2D eigenvalue weighted by Gasteiger charge is -2.14. The zero-order valence-electron chi connectivity index (χ0n) is 9.34. The van der Waals surface area contributed by atoms with Gasteiger partial charge in [0.05, 0.1) is 23.1 Å². The van der Waals surface area contributed by atoms with Crippen molar-refractivity contribution in [3.05, 3.63) is 34.6 Å². The van der Waals surface area contributed by atoms with Gasteiger partial charge in [-0.3, -0.25) is 4.79 Å². The molecule has 0 aliphatic heterocycles. The lowest BCUT2D eigenvalue weighted by molar-refractivity contribution is 0.0936. The summed E-state index contributed by atoms with van der Waals surface area (Å²) in [5, 5.41) is 11.0. The minimum Gasteiger partial charge on any atom is -0.348 e. The summed E-state index contributed by atoms with van der Waals surface area (Å²) in [7, 11) is 0. The lowest BCUT2D eigenvalue weighted by Crippen LogP contribution is -2.34. The number of carbonyl (C=O) groups excluding carboxylic acids is 1. The third kappa shape index (κ3) is 3.43. The first-order valence-corrected chi connectivity index (χ1v) is 5.59. The molecule has 90 valence electrons. The smallest absolute Gasteiger partial charge is 0.253 e. The molecule has 1 unspecified atom stereocenters. The average molecular weight is 255 g/mol. The number of rotatable bonds is 4. The van der Waals surface area contributed by atoms with E-state index in [4.69, 9.17) is 16.9 Å². The molecule has 1 atom stereocenters. The number of nitrogens with zero attached hydrogens (tertiary/aromatic N) is 1. The van der Waals surface area contributed by atoms with Crippen LogP contribution < -0.4 is 5.32 Å². The summed E-state index contributed by atoms with van der Waals surface area (Å²) >= 11 is 5.69. The van der Waals surface area contributed by atoms with Crippen LogP contribution >= 0.6 is 11.6 Å². The molecule has 0 heterocycles. The second kappa shape index (κ2) is 6.21. The van der Waals surface area contributed by atoms with Gasteiger partial charge in [-0.1, -0.05) is 24.6 Å². The predicted molar refractivity (Wildman–Crippen MR) is 63.2 cm³/mol. The van der Waals surface area contributed by atoms with Crippen LogP contribution in [-0.4, -0.2) is 11.9 Å². The lowest BCUT2D eigenvalue weighted by atomic mass is 10.1. The van der Waals surface area contributed by atoms with E-state index in [-0.39, 0.29) is 23.0 Å². The Morgan fingerprint density at radius 1 is 1.65 bits per heavy atom. The van der Waals surface area contributed by atoms with Crippen LogP contribution in [0.15, 0.2) is 18.2 Å². The van der Waals surface area contributed by atoms with Crippen molar-refractivity contribution in [2.75, 3.05) is 0 Å². The van der Waals surface area contributed by atoms with Crippen LogP contribution in [0.3, 0.4) is 0 Å². The van der Waals surface area contributed by atoms with Crippen LogP contribution in [0.4, 0.5) is 4.39 Å². The van der Waals surface area contributed by atoms with Crippen molar-refractivity contribution in [2.45, 2.75) is 25.8 Å². The molecular weight excluding hydrogens is 243 g/mol. The quantitative estimate of drug-likeness (QED) is 0.898. The minimum absolute atomic E-state index is 0.0862. The van der Waals surface area contributed by atoms with Gasteiger partial charge < -0.3 is 5.32 Å². The third-order valence-corrected chi connectivity index (χ3v) is 2.75. The number of carbonyl (C=O) groups is 1. The molecule has 0 spiro atoms. The monoisotopic (exact) mass is 254 g/mol. The van der Waals surface area contributed by atoms with Crippen molar-refractivity contribution in [1.29, 1.82) is 5.26 Å². The Morgan fingerprint density at radius 3 is 2.94 bits per heavy atom. The highest BCUT2D eigenvalue weighted by Crippen LogP contribution is 2.19. The van der Waals surface area contributed by atoms with E-state index < -0.39 is 11.7 Å². The van der Waals surface area contributed by atoms with E-state index in [1.165, 1.54) is 18.2 Å². The van der Waals surface area contributed by atoms with Gasteiger partial charge in [0.1, 0.15) is 5.82 Å². The molecule has 3 nitrogen and oxygen atoms in total. The van der Waals surface area contributed by atoms with E-state index in [1.54, 1.807) is 0 Å². The Bertz CT molecular complexity index is 456. The van der Waals surface area contributed by atoms with E-state index in [2.05, 4.69) is 5.32 Å². The second-order valence-electron chi connectivity index (χ2n) is 3.54. The molecule has 1 amide bonds. The summed E-state index contributed by atoms with van der Waals surface area (Å²) in [6, 6.07) is 5.78. The van der Waals surface area contributed by atoms with Crippen molar-refractivity contribution >= 4 is 17.5 Å². The molecule has 1 N–H and O–H groups in total. The number of nitriles is 1. The normalized spacial score (nSPS) is 11.6. The summed E-state index contributed by atoms with van der Waals surface area (Å²) in [5.74, 6) is -1.09. The highest BCUT2D eigenvalue weighted by molar-refractivity contribution is 6.34. The Hall–Kier alpha value is -1.60. The number of hydrogen-bond donors (Lipinski definition) is 1. The Kier molecular flexibility index (Phi) is 4.92. The maximum atomic E-state index is 13.1. The summed E-state index contributed by atoms with van der Waals surface area (Å²) in [6.45, 7) is 1.86. The predicted octanol–water partition coefficient (Wildman–Crippen LogP) is 2.90. The summed E-state index contributed by atoms with van der Waals surface area (Å²) in [4.78, 5) is 11.8. The van der Waals surface area contributed by atoms with E-state index in [0.717, 1.165) is 0 Å². The first kappa shape index (κ1) is 13.5. The zero-order chi connectivity index (χ0) is 12.8. The van der Waals surface area contributed by atoms with Gasteiger partial charge in [0, 0.05) is 6.04 Å². The third-order valence-electron chi connectivity index (χ3n) is 2.36. The van der Waals surface area contributed by atoms with Crippen LogP contribution in [0.1, 0.15) is 30.1 Å². The van der Waals surface area contributed by atoms with Crippen LogP contribution in [-0.2, 0) is 0 Å². The molecule has 0 aromatic heterocycles. The van der Waals surface area contributed by atoms with Crippen LogP contribution in [0.2, 0.25) is 5.02 Å². The number of amides is 1. The maximum absolute atomic E-state index is 13.1. The SMILES string of the molecule is CCC(CC#N)NC(=O)c1cccc(F)c1Cl. The minimum atomic E-state index is -0.632. The molecule has 0 aliphatic rings. The van der Waals surface area contributed by atoms with Gasteiger partial charge in [-0.25, -0.2) is 4.39 Å². The first-order valence-electron chi connectivity index (χ1n) is 5.22. The van der Waals surface area contributed by atoms with Gasteiger partial charge in [0.15, 0.2) is 0 Å². The Labute approximate surface area is 104 Å². The van der Waals surface area contributed by atoms with Crippen molar-refractivity contribution in [3.8, 4) is 6.07 Å². The van der Waals surface area contributed by atoms with Crippen LogP contribution in [0.25, 0.3) is 0 Å². The van der Waals surface area contributed by atoms with E-state index in [1.807, 2.05) is 13.0 Å². The maximum Gasteiger partial charge on any atom is 0.253 e. The van der Waals surface area contributed by atoms with Gasteiger partial charge in [-0.05, 0) is 18.6 Å². The number of benzene rings is 1. The van der Waals surface area contributed by atoms with Crippen molar-refractivity contribution in [2.24, 2.45) is 0 Å². The molecular formula is C12H12ClFN2O. The molecule has 0 bridgehead atoms. The topological polar surface area (TPSA) is 52.9 Å². The Balaban J connectivity index is 2.83. The zero-order valence-corrected chi connectivity index (χ0v) is 10.1. The molecule has 0 fully saturated rings. The molecule has 1 aromatic rings.